The van der Waals surface area contributed by atoms with Crippen molar-refractivity contribution in [1.29, 1.82) is 0 Å². The van der Waals surface area contributed by atoms with Crippen LogP contribution in [-0.2, 0) is 6.54 Å². The Labute approximate surface area is 198 Å². The van der Waals surface area contributed by atoms with E-state index in [1.165, 1.54) is 0 Å². The van der Waals surface area contributed by atoms with Gasteiger partial charge in [-0.3, -0.25) is 4.79 Å². The number of fused-ring (bicyclic) bond motifs is 1. The van der Waals surface area contributed by atoms with E-state index in [2.05, 4.69) is 41.7 Å². The van der Waals surface area contributed by atoms with Crippen LogP contribution in [0.3, 0.4) is 0 Å². The number of methoxy groups -OCH3 is 1. The number of ether oxygens (including phenoxy) is 1. The van der Waals surface area contributed by atoms with Crippen molar-refractivity contribution in [3.8, 4) is 28.1 Å². The van der Waals surface area contributed by atoms with Gasteiger partial charge >= 0.3 is 0 Å². The van der Waals surface area contributed by atoms with Crippen molar-refractivity contribution < 1.29 is 9.53 Å². The first-order valence-electron chi connectivity index (χ1n) is 11.2. The summed E-state index contributed by atoms with van der Waals surface area (Å²) in [5, 5.41) is 3.87. The van der Waals surface area contributed by atoms with Crippen LogP contribution < -0.4 is 10.1 Å². The van der Waals surface area contributed by atoms with E-state index < -0.39 is 0 Å². The van der Waals surface area contributed by atoms with Crippen LogP contribution in [0, 0.1) is 0 Å². The Morgan fingerprint density at radius 2 is 1.41 bits per heavy atom. The van der Waals surface area contributed by atoms with E-state index in [9.17, 15) is 4.79 Å². The van der Waals surface area contributed by atoms with Crippen molar-refractivity contribution in [2.45, 2.75) is 6.54 Å². The van der Waals surface area contributed by atoms with E-state index in [1.807, 2.05) is 72.8 Å². The second-order valence-electron chi connectivity index (χ2n) is 8.01. The zero-order valence-corrected chi connectivity index (χ0v) is 18.9. The number of para-hydroxylation sites is 2. The topological polar surface area (TPSA) is 51.2 Å². The van der Waals surface area contributed by atoms with Crippen LogP contribution >= 0.6 is 0 Å². The molecule has 0 atom stereocenters. The smallest absolute Gasteiger partial charge is 0.252 e. The van der Waals surface area contributed by atoms with Crippen LogP contribution in [0.2, 0.25) is 0 Å². The lowest BCUT2D eigenvalue weighted by atomic mass is 10.0. The van der Waals surface area contributed by atoms with Crippen molar-refractivity contribution in [1.82, 2.24) is 10.3 Å². The van der Waals surface area contributed by atoms with Gasteiger partial charge in [0.1, 0.15) is 5.75 Å². The Hall–Kier alpha value is -4.44. The number of amides is 1. The lowest BCUT2D eigenvalue weighted by Gasteiger charge is -2.12. The van der Waals surface area contributed by atoms with Crippen molar-refractivity contribution in [2.75, 3.05) is 7.11 Å². The standard InChI is InChI=1S/C30H24N2O2/c1-34-29-14-8-5-11-24(29)20-31-30(33)26-19-28(32-27-13-7-6-12-25(26)27)23-17-15-22(16-18-23)21-9-3-2-4-10-21/h2-19H,20H2,1H3,(H,31,33). The van der Waals surface area contributed by atoms with E-state index in [1.54, 1.807) is 7.11 Å². The number of carbonyl (C=O) groups excluding carboxylic acids is 1. The summed E-state index contributed by atoms with van der Waals surface area (Å²) < 4.78 is 5.41. The van der Waals surface area contributed by atoms with Crippen molar-refractivity contribution in [3.63, 3.8) is 0 Å². The number of carbonyl (C=O) groups is 1. The highest BCUT2D eigenvalue weighted by atomic mass is 16.5. The van der Waals surface area contributed by atoms with Crippen LogP contribution in [0.1, 0.15) is 15.9 Å². The monoisotopic (exact) mass is 444 g/mol. The number of benzene rings is 4. The second kappa shape index (κ2) is 9.59. The fourth-order valence-corrected chi connectivity index (χ4v) is 4.09. The van der Waals surface area contributed by atoms with E-state index in [-0.39, 0.29) is 5.91 Å². The van der Waals surface area contributed by atoms with Crippen molar-refractivity contribution >= 4 is 16.8 Å². The maximum Gasteiger partial charge on any atom is 0.252 e. The van der Waals surface area contributed by atoms with Gasteiger partial charge in [0.2, 0.25) is 0 Å². The van der Waals surface area contributed by atoms with Crippen LogP contribution in [0.15, 0.2) is 109 Å². The zero-order valence-electron chi connectivity index (χ0n) is 18.9. The summed E-state index contributed by atoms with van der Waals surface area (Å²) in [7, 11) is 1.63. The molecule has 0 bridgehead atoms. The number of nitrogens with zero attached hydrogens (tertiary/aromatic N) is 1. The summed E-state index contributed by atoms with van der Waals surface area (Å²) in [5.74, 6) is 0.605. The van der Waals surface area contributed by atoms with Crippen LogP contribution in [0.4, 0.5) is 0 Å². The van der Waals surface area contributed by atoms with Gasteiger partial charge in [0.25, 0.3) is 5.91 Å². The molecule has 0 saturated heterocycles. The minimum absolute atomic E-state index is 0.147. The summed E-state index contributed by atoms with van der Waals surface area (Å²) in [6, 6.07) is 35.8. The van der Waals surface area contributed by atoms with E-state index >= 15 is 0 Å². The number of hydrogen-bond donors (Lipinski definition) is 1. The van der Waals surface area contributed by atoms with E-state index in [0.29, 0.717) is 12.1 Å². The van der Waals surface area contributed by atoms with Gasteiger partial charge in [0.15, 0.2) is 0 Å². The average molecular weight is 445 g/mol. The molecule has 0 radical (unpaired) electrons. The molecule has 0 spiro atoms. The van der Waals surface area contributed by atoms with Gasteiger partial charge in [-0.25, -0.2) is 4.98 Å². The lowest BCUT2D eigenvalue weighted by Crippen LogP contribution is -2.23. The molecule has 1 amide bonds. The Bertz CT molecular complexity index is 1440. The highest BCUT2D eigenvalue weighted by Gasteiger charge is 2.15. The third-order valence-corrected chi connectivity index (χ3v) is 5.88. The lowest BCUT2D eigenvalue weighted by molar-refractivity contribution is 0.0952. The molecular formula is C30H24N2O2. The third-order valence-electron chi connectivity index (χ3n) is 5.88. The molecule has 34 heavy (non-hydrogen) atoms. The van der Waals surface area contributed by atoms with Gasteiger partial charge in [0.05, 0.1) is 23.9 Å². The highest BCUT2D eigenvalue weighted by Crippen LogP contribution is 2.28. The quantitative estimate of drug-likeness (QED) is 0.325. The number of aromatic nitrogens is 1. The Morgan fingerprint density at radius 3 is 2.21 bits per heavy atom. The van der Waals surface area contributed by atoms with Crippen LogP contribution in [0.5, 0.6) is 5.75 Å². The first-order valence-corrected chi connectivity index (χ1v) is 11.2. The molecule has 0 aliphatic heterocycles. The van der Waals surface area contributed by atoms with Gasteiger partial charge in [0, 0.05) is 23.1 Å². The molecule has 0 fully saturated rings. The molecule has 166 valence electrons. The Kier molecular flexibility index (Phi) is 6.04. The first kappa shape index (κ1) is 21.4. The molecule has 1 N–H and O–H groups in total. The van der Waals surface area contributed by atoms with Gasteiger partial charge < -0.3 is 10.1 Å². The molecule has 1 aromatic heterocycles. The SMILES string of the molecule is COc1ccccc1CNC(=O)c1cc(-c2ccc(-c3ccccc3)cc2)nc2ccccc12. The minimum atomic E-state index is -0.147. The fourth-order valence-electron chi connectivity index (χ4n) is 4.09. The number of pyridine rings is 1. The molecule has 0 unspecified atom stereocenters. The molecule has 5 rings (SSSR count). The summed E-state index contributed by atoms with van der Waals surface area (Å²) in [6.45, 7) is 0.376. The van der Waals surface area contributed by atoms with Gasteiger partial charge in [-0.05, 0) is 29.3 Å². The normalized spacial score (nSPS) is 10.7. The summed E-state index contributed by atoms with van der Waals surface area (Å²) in [6.07, 6.45) is 0. The molecule has 4 heteroatoms. The molecule has 4 nitrogen and oxygen atoms in total. The molecule has 4 aromatic carbocycles. The predicted octanol–water partition coefficient (Wildman–Crippen LogP) is 6.51. The van der Waals surface area contributed by atoms with Gasteiger partial charge in [-0.15, -0.1) is 0 Å². The number of hydrogen-bond acceptors (Lipinski definition) is 3. The second-order valence-corrected chi connectivity index (χ2v) is 8.01. The first-order chi connectivity index (χ1) is 16.7. The van der Waals surface area contributed by atoms with Crippen LogP contribution in [0.25, 0.3) is 33.3 Å². The maximum absolute atomic E-state index is 13.3. The molecule has 0 aliphatic rings. The third kappa shape index (κ3) is 4.39. The summed E-state index contributed by atoms with van der Waals surface area (Å²) >= 11 is 0. The number of nitrogens with one attached hydrogen (secondary N) is 1. The molecule has 0 aliphatic carbocycles. The predicted molar refractivity (Wildman–Crippen MR) is 137 cm³/mol. The molecule has 5 aromatic rings. The molecule has 0 saturated carbocycles. The highest BCUT2D eigenvalue weighted by molar-refractivity contribution is 6.07. The van der Waals surface area contributed by atoms with E-state index in [4.69, 9.17) is 9.72 Å². The number of rotatable bonds is 6. The molecular weight excluding hydrogens is 420 g/mol. The average Bonchev–Trinajstić information content (AvgIpc) is 2.92. The Balaban J connectivity index is 1.47. The van der Waals surface area contributed by atoms with E-state index in [0.717, 1.165) is 44.6 Å². The maximum atomic E-state index is 13.3. The van der Waals surface area contributed by atoms with Gasteiger partial charge in [-0.1, -0.05) is 91.0 Å². The van der Waals surface area contributed by atoms with Gasteiger partial charge in [-0.2, -0.15) is 0 Å². The van der Waals surface area contributed by atoms with Crippen molar-refractivity contribution in [3.05, 3.63) is 120 Å². The zero-order chi connectivity index (χ0) is 23.3. The summed E-state index contributed by atoms with van der Waals surface area (Å²) in [4.78, 5) is 18.1. The summed E-state index contributed by atoms with van der Waals surface area (Å²) in [5.41, 5.74) is 6.34. The minimum Gasteiger partial charge on any atom is -0.496 e. The Morgan fingerprint density at radius 1 is 0.765 bits per heavy atom. The van der Waals surface area contributed by atoms with Crippen molar-refractivity contribution in [2.24, 2.45) is 0 Å². The van der Waals surface area contributed by atoms with Crippen LogP contribution in [-0.4, -0.2) is 18.0 Å². The fraction of sp³-hybridized carbons (Fsp3) is 0.0667. The molecule has 1 heterocycles. The largest absolute Gasteiger partial charge is 0.496 e.